The molecule has 4 aromatic carbocycles. The van der Waals surface area contributed by atoms with Crippen LogP contribution in [-0.2, 0) is 0 Å². The lowest BCUT2D eigenvalue weighted by molar-refractivity contribution is 0.454. The highest BCUT2D eigenvalue weighted by Crippen LogP contribution is 2.58. The van der Waals surface area contributed by atoms with Gasteiger partial charge in [0.05, 0.1) is 0 Å². The van der Waals surface area contributed by atoms with Gasteiger partial charge in [0.2, 0.25) is 0 Å². The maximum Gasteiger partial charge on any atom is 0.0281 e. The van der Waals surface area contributed by atoms with Crippen LogP contribution in [0.25, 0.3) is 0 Å². The van der Waals surface area contributed by atoms with Crippen molar-refractivity contribution < 1.29 is 0 Å². The van der Waals surface area contributed by atoms with Crippen molar-refractivity contribution in [3.63, 3.8) is 0 Å². The average Bonchev–Trinajstić information content (AvgIpc) is 3.40. The summed E-state index contributed by atoms with van der Waals surface area (Å²) in [6.45, 7) is 2.36. The van der Waals surface area contributed by atoms with E-state index < -0.39 is 16.0 Å². The van der Waals surface area contributed by atoms with Gasteiger partial charge in [-0.25, -0.2) is 0 Å². The Kier molecular flexibility index (Phi) is 8.10. The lowest BCUT2D eigenvalue weighted by Gasteiger charge is -2.40. The molecule has 1 atom stereocenters. The summed E-state index contributed by atoms with van der Waals surface area (Å²) >= 11 is 0. The van der Waals surface area contributed by atoms with Crippen molar-refractivity contribution >= 4 is 37.2 Å². The summed E-state index contributed by atoms with van der Waals surface area (Å²) in [7, 11) is 1.00. The summed E-state index contributed by atoms with van der Waals surface area (Å²) in [5, 5.41) is 5.54. The van der Waals surface area contributed by atoms with Crippen molar-refractivity contribution in [1.82, 2.24) is 4.67 Å². The largest absolute Gasteiger partial charge is 0.274 e. The molecular formula is C32H30NP2. The fourth-order valence-electron chi connectivity index (χ4n) is 4.59. The van der Waals surface area contributed by atoms with E-state index in [9.17, 15) is 0 Å². The second-order valence-corrected chi connectivity index (χ2v) is 13.1. The number of nitrogens with zero attached hydrogens (tertiary/aromatic N) is 1. The average molecular weight is 491 g/mol. The second kappa shape index (κ2) is 11.6. The third-order valence-electron chi connectivity index (χ3n) is 6.42. The van der Waals surface area contributed by atoms with Crippen molar-refractivity contribution in [2.24, 2.45) is 0 Å². The molecule has 3 heteroatoms. The maximum atomic E-state index is 2.59. The fraction of sp³-hybridized carbons (Fsp3) is 0.0938. The molecule has 0 bridgehead atoms. The predicted octanol–water partition coefficient (Wildman–Crippen LogP) is 6.22. The van der Waals surface area contributed by atoms with E-state index in [2.05, 4.69) is 159 Å². The molecule has 173 valence electrons. The first-order valence-electron chi connectivity index (χ1n) is 12.0. The van der Waals surface area contributed by atoms with Crippen LogP contribution in [0.1, 0.15) is 6.92 Å². The Hall–Kier alpha value is -2.30. The van der Waals surface area contributed by atoms with Crippen molar-refractivity contribution in [3.8, 4) is 0 Å². The van der Waals surface area contributed by atoms with Crippen LogP contribution in [0.3, 0.4) is 0 Å². The van der Waals surface area contributed by atoms with Gasteiger partial charge in [0.15, 0.2) is 0 Å². The van der Waals surface area contributed by atoms with Crippen molar-refractivity contribution in [3.05, 3.63) is 152 Å². The van der Waals surface area contributed by atoms with Gasteiger partial charge in [-0.05, 0) is 62.4 Å². The van der Waals surface area contributed by atoms with Crippen LogP contribution in [0, 0.1) is 30.8 Å². The van der Waals surface area contributed by atoms with Gasteiger partial charge in [0.1, 0.15) is 0 Å². The zero-order chi connectivity index (χ0) is 24.0. The van der Waals surface area contributed by atoms with E-state index in [4.69, 9.17) is 0 Å². The van der Waals surface area contributed by atoms with Crippen LogP contribution < -0.4 is 21.2 Å². The zero-order valence-electron chi connectivity index (χ0n) is 20.2. The first-order chi connectivity index (χ1) is 17.2. The lowest BCUT2D eigenvalue weighted by Crippen LogP contribution is -2.37. The number of hydrogen-bond acceptors (Lipinski definition) is 1. The molecule has 0 N–H and O–H groups in total. The molecule has 0 aromatic heterocycles. The molecule has 1 nitrogen and oxygen atoms in total. The summed E-state index contributed by atoms with van der Waals surface area (Å²) < 4.78 is 2.59. The van der Waals surface area contributed by atoms with Gasteiger partial charge in [-0.15, -0.1) is 0 Å². The van der Waals surface area contributed by atoms with Crippen molar-refractivity contribution in [1.29, 1.82) is 0 Å². The lowest BCUT2D eigenvalue weighted by atomic mass is 10.00. The molecular weight excluding hydrogens is 460 g/mol. The van der Waals surface area contributed by atoms with Crippen LogP contribution in [0.5, 0.6) is 0 Å². The van der Waals surface area contributed by atoms with Crippen molar-refractivity contribution in [2.45, 2.75) is 13.0 Å². The van der Waals surface area contributed by atoms with Gasteiger partial charge >= 0.3 is 0 Å². The Morgan fingerprint density at radius 3 is 1.37 bits per heavy atom. The number of hydrogen-bond donors (Lipinski definition) is 0. The van der Waals surface area contributed by atoms with E-state index in [0.717, 1.165) is 0 Å². The molecule has 0 heterocycles. The highest BCUT2D eigenvalue weighted by atomic mass is 31.1. The van der Waals surface area contributed by atoms with Crippen LogP contribution in [0.15, 0.2) is 121 Å². The van der Waals surface area contributed by atoms with Crippen LogP contribution in [-0.4, -0.2) is 17.8 Å². The van der Waals surface area contributed by atoms with E-state index in [1.54, 1.807) is 0 Å². The first kappa shape index (κ1) is 24.4. The third kappa shape index (κ3) is 5.44. The van der Waals surface area contributed by atoms with Gasteiger partial charge in [-0.3, -0.25) is 4.67 Å². The second-order valence-electron chi connectivity index (χ2n) is 8.61. The summed E-state index contributed by atoms with van der Waals surface area (Å²) in [5.41, 5.74) is 1.45. The molecule has 1 saturated carbocycles. The molecule has 0 unspecified atom stereocenters. The Labute approximate surface area is 213 Å². The Morgan fingerprint density at radius 2 is 0.943 bits per heavy atom. The minimum atomic E-state index is -0.656. The minimum Gasteiger partial charge on any atom is -0.274 e. The molecule has 1 aliphatic rings. The molecule has 5 radical (unpaired) electrons. The molecule has 1 aliphatic carbocycles. The Morgan fingerprint density at radius 1 is 0.543 bits per heavy atom. The summed E-state index contributed by atoms with van der Waals surface area (Å²) in [6, 6.07) is 44.2. The van der Waals surface area contributed by atoms with E-state index in [0.29, 0.717) is 0 Å². The molecule has 0 saturated heterocycles. The van der Waals surface area contributed by atoms with E-state index in [-0.39, 0.29) is 6.04 Å². The van der Waals surface area contributed by atoms with E-state index >= 15 is 0 Å². The Balaban J connectivity index is 1.49. The molecule has 0 spiro atoms. The SMILES string of the molecule is C[C@@H]([C]1[CH][CH][CH][C]1P(c1ccccc1)c1ccccc1)N(C)P(c1ccccc1)c1ccccc1. The Bertz CT molecular complexity index is 1090. The summed E-state index contributed by atoms with van der Waals surface area (Å²) in [5.74, 6) is 1.42. The van der Waals surface area contributed by atoms with Gasteiger partial charge in [0, 0.05) is 25.7 Å². The highest BCUT2D eigenvalue weighted by molar-refractivity contribution is 7.76. The molecule has 5 rings (SSSR count). The number of benzene rings is 4. The van der Waals surface area contributed by atoms with Gasteiger partial charge in [-0.2, -0.15) is 0 Å². The maximum absolute atomic E-state index is 2.59. The number of rotatable bonds is 8. The fourth-order valence-corrected chi connectivity index (χ4v) is 9.55. The van der Waals surface area contributed by atoms with Gasteiger partial charge < -0.3 is 0 Å². The van der Waals surface area contributed by atoms with Gasteiger partial charge in [-0.1, -0.05) is 121 Å². The minimum absolute atomic E-state index is 0.268. The third-order valence-corrected chi connectivity index (χ3v) is 11.5. The van der Waals surface area contributed by atoms with E-state index in [1.165, 1.54) is 32.8 Å². The van der Waals surface area contributed by atoms with Crippen LogP contribution in [0.2, 0.25) is 0 Å². The smallest absolute Gasteiger partial charge is 0.0281 e. The molecule has 1 fully saturated rings. The topological polar surface area (TPSA) is 3.24 Å². The highest BCUT2D eigenvalue weighted by Gasteiger charge is 2.42. The summed E-state index contributed by atoms with van der Waals surface area (Å²) in [6.07, 6.45) is 6.92. The van der Waals surface area contributed by atoms with E-state index in [1.807, 2.05) is 0 Å². The van der Waals surface area contributed by atoms with Gasteiger partial charge in [0.25, 0.3) is 0 Å². The summed E-state index contributed by atoms with van der Waals surface area (Å²) in [4.78, 5) is 0. The van der Waals surface area contributed by atoms with Crippen LogP contribution >= 0.6 is 16.0 Å². The van der Waals surface area contributed by atoms with Crippen molar-refractivity contribution in [2.75, 3.05) is 7.05 Å². The normalized spacial score (nSPS) is 15.8. The predicted molar refractivity (Wildman–Crippen MR) is 155 cm³/mol. The molecule has 35 heavy (non-hydrogen) atoms. The standard InChI is InChI=1S/C32H30NP2/c1-26(33(2)35(29-20-11-5-12-21-29)30-22-13-6-14-23-30)31-24-15-25-32(31)34(27-16-7-3-8-17-27)28-18-9-4-10-19-28/h3-26H,1-2H3/t26-/m0/s1. The zero-order valence-corrected chi connectivity index (χ0v) is 22.0. The first-order valence-corrected chi connectivity index (χ1v) is 14.7. The molecule has 0 aliphatic heterocycles. The molecule has 0 amide bonds. The molecule has 4 aromatic rings. The quantitative estimate of drug-likeness (QED) is 0.265. The van der Waals surface area contributed by atoms with Crippen LogP contribution in [0.4, 0.5) is 0 Å². The monoisotopic (exact) mass is 490 g/mol.